The average Bonchev–Trinajstić information content (AvgIpc) is 2.47. The molecule has 5 nitrogen and oxygen atoms in total. The van der Waals surface area contributed by atoms with E-state index in [4.69, 9.17) is 9.47 Å². The van der Waals surface area contributed by atoms with E-state index in [1.807, 2.05) is 0 Å². The molecule has 2 heterocycles. The third kappa shape index (κ3) is 5.43. The van der Waals surface area contributed by atoms with Crippen molar-refractivity contribution in [2.75, 3.05) is 19.8 Å². The zero-order valence-electron chi connectivity index (χ0n) is 12.5. The summed E-state index contributed by atoms with van der Waals surface area (Å²) in [6, 6.07) is 0. The number of nitrogens with zero attached hydrogens (tertiary/aromatic N) is 2. The first-order chi connectivity index (χ1) is 9.74. The number of rotatable bonds is 7. The third-order valence-corrected chi connectivity index (χ3v) is 3.23. The highest BCUT2D eigenvalue weighted by molar-refractivity contribution is 5.07. The van der Waals surface area contributed by atoms with Crippen molar-refractivity contribution >= 4 is 0 Å². The van der Waals surface area contributed by atoms with E-state index in [2.05, 4.69) is 29.1 Å². The minimum atomic E-state index is 0.206. The van der Waals surface area contributed by atoms with Gasteiger partial charge in [-0.25, -0.2) is 4.98 Å². The van der Waals surface area contributed by atoms with Crippen LogP contribution in [0.15, 0.2) is 12.4 Å². The maximum Gasteiger partial charge on any atom is 0.232 e. The largest absolute Gasteiger partial charge is 0.474 e. The minimum absolute atomic E-state index is 0.206. The molecule has 20 heavy (non-hydrogen) atoms. The molecule has 0 spiro atoms. The normalized spacial score (nSPS) is 19.2. The van der Waals surface area contributed by atoms with Crippen molar-refractivity contribution in [2.24, 2.45) is 5.92 Å². The summed E-state index contributed by atoms with van der Waals surface area (Å²) >= 11 is 0. The van der Waals surface area contributed by atoms with Gasteiger partial charge in [0.1, 0.15) is 6.61 Å². The quantitative estimate of drug-likeness (QED) is 0.829. The fourth-order valence-corrected chi connectivity index (χ4v) is 2.11. The minimum Gasteiger partial charge on any atom is -0.474 e. The van der Waals surface area contributed by atoms with Gasteiger partial charge in [0.05, 0.1) is 24.2 Å². The topological polar surface area (TPSA) is 56.3 Å². The Hall–Kier alpha value is -1.20. The van der Waals surface area contributed by atoms with Crippen LogP contribution in [0.4, 0.5) is 0 Å². The van der Waals surface area contributed by atoms with Crippen LogP contribution in [0.25, 0.3) is 0 Å². The van der Waals surface area contributed by atoms with Gasteiger partial charge >= 0.3 is 0 Å². The lowest BCUT2D eigenvalue weighted by Gasteiger charge is -2.22. The van der Waals surface area contributed by atoms with Gasteiger partial charge in [-0.15, -0.1) is 0 Å². The van der Waals surface area contributed by atoms with Crippen molar-refractivity contribution in [3.05, 3.63) is 18.1 Å². The van der Waals surface area contributed by atoms with Crippen LogP contribution in [0.2, 0.25) is 0 Å². The summed E-state index contributed by atoms with van der Waals surface area (Å²) in [5.74, 6) is 1.22. The number of hydrogen-bond donors (Lipinski definition) is 1. The molecule has 1 saturated heterocycles. The van der Waals surface area contributed by atoms with Crippen LogP contribution >= 0.6 is 0 Å². The van der Waals surface area contributed by atoms with Crippen molar-refractivity contribution in [1.82, 2.24) is 15.3 Å². The molecule has 0 aromatic carbocycles. The Labute approximate surface area is 121 Å². The number of hydrogen-bond acceptors (Lipinski definition) is 5. The van der Waals surface area contributed by atoms with Gasteiger partial charge in [0.15, 0.2) is 0 Å². The second-order valence-electron chi connectivity index (χ2n) is 5.67. The monoisotopic (exact) mass is 279 g/mol. The highest BCUT2D eigenvalue weighted by Crippen LogP contribution is 2.14. The lowest BCUT2D eigenvalue weighted by Crippen LogP contribution is -2.26. The van der Waals surface area contributed by atoms with Crippen LogP contribution < -0.4 is 10.1 Å². The molecule has 1 aromatic heterocycles. The van der Waals surface area contributed by atoms with Gasteiger partial charge in [0.25, 0.3) is 0 Å². The van der Waals surface area contributed by atoms with Crippen molar-refractivity contribution in [3.8, 4) is 5.88 Å². The lowest BCUT2D eigenvalue weighted by atomic mass is 10.1. The maximum atomic E-state index is 5.62. The molecule has 2 rings (SSSR count). The fourth-order valence-electron chi connectivity index (χ4n) is 2.11. The lowest BCUT2D eigenvalue weighted by molar-refractivity contribution is -0.0120. The first-order valence-corrected chi connectivity index (χ1v) is 7.50. The van der Waals surface area contributed by atoms with E-state index in [0.29, 0.717) is 18.4 Å². The van der Waals surface area contributed by atoms with Crippen molar-refractivity contribution in [2.45, 2.75) is 45.8 Å². The SMILES string of the molecule is CC(C)CNCc1cnc(OCC2CCCCO2)cn1. The highest BCUT2D eigenvalue weighted by atomic mass is 16.5. The molecule has 0 amide bonds. The van der Waals surface area contributed by atoms with Crippen LogP contribution in [-0.2, 0) is 11.3 Å². The summed E-state index contributed by atoms with van der Waals surface area (Å²) in [6.07, 6.45) is 7.12. The van der Waals surface area contributed by atoms with Gasteiger partial charge in [-0.1, -0.05) is 13.8 Å². The fraction of sp³-hybridized carbons (Fsp3) is 0.733. The zero-order chi connectivity index (χ0) is 14.2. The molecule has 1 aliphatic heterocycles. The second kappa shape index (κ2) is 8.17. The van der Waals surface area contributed by atoms with E-state index >= 15 is 0 Å². The molecular weight excluding hydrogens is 254 g/mol. The third-order valence-electron chi connectivity index (χ3n) is 3.23. The van der Waals surface area contributed by atoms with Crippen molar-refractivity contribution < 1.29 is 9.47 Å². The van der Waals surface area contributed by atoms with Gasteiger partial charge in [0, 0.05) is 13.2 Å². The Morgan fingerprint density at radius 2 is 2.25 bits per heavy atom. The summed E-state index contributed by atoms with van der Waals surface area (Å²) in [7, 11) is 0. The van der Waals surface area contributed by atoms with Crippen LogP contribution in [0.3, 0.4) is 0 Å². The zero-order valence-corrected chi connectivity index (χ0v) is 12.5. The van der Waals surface area contributed by atoms with E-state index in [0.717, 1.165) is 38.2 Å². The molecule has 1 fully saturated rings. The highest BCUT2D eigenvalue weighted by Gasteiger charge is 2.14. The number of aromatic nitrogens is 2. The molecule has 5 heteroatoms. The Balaban J connectivity index is 1.70. The molecule has 0 bridgehead atoms. The second-order valence-corrected chi connectivity index (χ2v) is 5.67. The summed E-state index contributed by atoms with van der Waals surface area (Å²) in [4.78, 5) is 8.63. The molecular formula is C15H25N3O2. The van der Waals surface area contributed by atoms with Crippen LogP contribution in [0.1, 0.15) is 38.8 Å². The van der Waals surface area contributed by atoms with Crippen molar-refractivity contribution in [1.29, 1.82) is 0 Å². The molecule has 0 saturated carbocycles. The first kappa shape index (κ1) is 15.2. The maximum absolute atomic E-state index is 5.62. The Kier molecular flexibility index (Phi) is 6.21. The predicted octanol–water partition coefficient (Wildman–Crippen LogP) is 2.17. The van der Waals surface area contributed by atoms with Crippen LogP contribution in [0, 0.1) is 5.92 Å². The molecule has 1 unspecified atom stereocenters. The number of ether oxygens (including phenoxy) is 2. The van der Waals surface area contributed by atoms with Crippen molar-refractivity contribution in [3.63, 3.8) is 0 Å². The first-order valence-electron chi connectivity index (χ1n) is 7.50. The predicted molar refractivity (Wildman–Crippen MR) is 77.7 cm³/mol. The smallest absolute Gasteiger partial charge is 0.232 e. The molecule has 112 valence electrons. The van der Waals surface area contributed by atoms with Gasteiger partial charge in [0.2, 0.25) is 5.88 Å². The molecule has 1 atom stereocenters. The van der Waals surface area contributed by atoms with E-state index in [1.165, 1.54) is 6.42 Å². The summed E-state index contributed by atoms with van der Waals surface area (Å²) in [5, 5.41) is 3.34. The van der Waals surface area contributed by atoms with Gasteiger partial charge in [-0.3, -0.25) is 4.98 Å². The van der Waals surface area contributed by atoms with Gasteiger partial charge in [-0.05, 0) is 31.7 Å². The Morgan fingerprint density at radius 3 is 2.90 bits per heavy atom. The molecule has 1 aromatic rings. The summed E-state index contributed by atoms with van der Waals surface area (Å²) in [6.45, 7) is 7.52. The molecule has 0 aliphatic carbocycles. The van der Waals surface area contributed by atoms with Gasteiger partial charge in [-0.2, -0.15) is 0 Å². The van der Waals surface area contributed by atoms with Crippen LogP contribution in [0.5, 0.6) is 5.88 Å². The van der Waals surface area contributed by atoms with Gasteiger partial charge < -0.3 is 14.8 Å². The Bertz CT molecular complexity index is 375. The summed E-state index contributed by atoms with van der Waals surface area (Å²) in [5.41, 5.74) is 0.937. The van der Waals surface area contributed by atoms with E-state index in [-0.39, 0.29) is 6.10 Å². The van der Waals surface area contributed by atoms with E-state index in [1.54, 1.807) is 12.4 Å². The average molecular weight is 279 g/mol. The standard InChI is InChI=1S/C15H25N3O2/c1-12(2)7-16-8-13-9-18-15(10-17-13)20-11-14-5-3-4-6-19-14/h9-10,12,14,16H,3-8,11H2,1-2H3. The Morgan fingerprint density at radius 1 is 1.35 bits per heavy atom. The molecule has 0 radical (unpaired) electrons. The number of nitrogens with one attached hydrogen (secondary N) is 1. The van der Waals surface area contributed by atoms with Crippen LogP contribution in [-0.4, -0.2) is 35.8 Å². The van der Waals surface area contributed by atoms with E-state index < -0.39 is 0 Å². The summed E-state index contributed by atoms with van der Waals surface area (Å²) < 4.78 is 11.2. The van der Waals surface area contributed by atoms with E-state index in [9.17, 15) is 0 Å². The molecule has 1 aliphatic rings. The molecule has 1 N–H and O–H groups in total.